The normalized spacial score (nSPS) is 26.1. The summed E-state index contributed by atoms with van der Waals surface area (Å²) in [5.41, 5.74) is 3.88. The van der Waals surface area contributed by atoms with E-state index in [0.717, 1.165) is 76.9 Å². The summed E-state index contributed by atoms with van der Waals surface area (Å²) in [5, 5.41) is 10.2. The number of hydrogen-bond acceptors (Lipinski definition) is 4. The average Bonchev–Trinajstić information content (AvgIpc) is 3.31. The van der Waals surface area contributed by atoms with Crippen LogP contribution in [0.3, 0.4) is 0 Å². The molecule has 5 nitrogen and oxygen atoms in total. The molecule has 0 radical (unpaired) electrons. The number of hydrogen-bond donors (Lipinski definition) is 1. The van der Waals surface area contributed by atoms with E-state index in [4.69, 9.17) is 4.74 Å². The summed E-state index contributed by atoms with van der Waals surface area (Å²) in [4.78, 5) is 18.1. The zero-order valence-corrected chi connectivity index (χ0v) is 20.3. The number of carbonyl (C=O) groups excluding carboxylic acids is 1. The first kappa shape index (κ1) is 23.4. The van der Waals surface area contributed by atoms with Gasteiger partial charge >= 0.3 is 0 Å². The first-order valence-electron chi connectivity index (χ1n) is 13.1. The van der Waals surface area contributed by atoms with Gasteiger partial charge < -0.3 is 14.7 Å². The predicted molar refractivity (Wildman–Crippen MR) is 134 cm³/mol. The molecule has 3 heterocycles. The van der Waals surface area contributed by atoms with Crippen molar-refractivity contribution in [1.82, 2.24) is 9.80 Å². The molecule has 1 amide bonds. The second kappa shape index (κ2) is 10.5. The topological polar surface area (TPSA) is 53.0 Å². The Kier molecular flexibility index (Phi) is 7.21. The Morgan fingerprint density at radius 1 is 0.882 bits per heavy atom. The lowest BCUT2D eigenvalue weighted by Gasteiger charge is -2.41. The van der Waals surface area contributed by atoms with Gasteiger partial charge in [-0.2, -0.15) is 0 Å². The largest absolute Gasteiger partial charge is 0.491 e. The van der Waals surface area contributed by atoms with Crippen molar-refractivity contribution >= 4 is 5.91 Å². The van der Waals surface area contributed by atoms with E-state index in [1.165, 1.54) is 16.7 Å². The molecule has 2 aromatic carbocycles. The molecule has 0 saturated carbocycles. The van der Waals surface area contributed by atoms with Crippen LogP contribution in [0.5, 0.6) is 5.75 Å². The molecule has 3 aliphatic heterocycles. The van der Waals surface area contributed by atoms with Crippen LogP contribution in [0.25, 0.3) is 0 Å². The number of piperidine rings is 1. The highest BCUT2D eigenvalue weighted by atomic mass is 16.5. The minimum absolute atomic E-state index is 0.0363. The molecule has 0 spiro atoms. The molecule has 1 aliphatic carbocycles. The third-order valence-electron chi connectivity index (χ3n) is 8.33. The second-order valence-electron chi connectivity index (χ2n) is 10.5. The standard InChI is InChI=1S/C29H38N2O3/c32-22-29-11-5-6-14-31(28(33)26-19-23-7-1-2-8-24(23)20-26)17-18-34-27-10-4-3-9-25(27)21-30(15-12-29)16-13-29/h1-4,7-10,26,32H,5-6,11-22H2. The van der Waals surface area contributed by atoms with Crippen LogP contribution in [0.15, 0.2) is 48.5 Å². The average molecular weight is 463 g/mol. The monoisotopic (exact) mass is 462 g/mol. The van der Waals surface area contributed by atoms with Gasteiger partial charge in [0.25, 0.3) is 0 Å². The van der Waals surface area contributed by atoms with E-state index in [0.29, 0.717) is 13.2 Å². The van der Waals surface area contributed by atoms with Gasteiger partial charge in [-0.3, -0.25) is 9.69 Å². The van der Waals surface area contributed by atoms with E-state index in [-0.39, 0.29) is 23.8 Å². The Balaban J connectivity index is 1.31. The summed E-state index contributed by atoms with van der Waals surface area (Å²) >= 11 is 0. The molecule has 0 unspecified atom stereocenters. The summed E-state index contributed by atoms with van der Waals surface area (Å²) < 4.78 is 6.25. The fourth-order valence-corrected chi connectivity index (χ4v) is 6.08. The summed E-state index contributed by atoms with van der Waals surface area (Å²) in [6.07, 6.45) is 6.84. The summed E-state index contributed by atoms with van der Waals surface area (Å²) in [6.45, 7) is 5.08. The molecule has 1 fully saturated rings. The minimum atomic E-state index is 0.0363. The molecular formula is C29H38N2O3. The van der Waals surface area contributed by atoms with Crippen LogP contribution >= 0.6 is 0 Å². The molecule has 4 aliphatic rings. The van der Waals surface area contributed by atoms with Crippen LogP contribution in [0.4, 0.5) is 0 Å². The lowest BCUT2D eigenvalue weighted by Crippen LogP contribution is -2.42. The van der Waals surface area contributed by atoms with E-state index >= 15 is 0 Å². The first-order valence-corrected chi connectivity index (χ1v) is 13.1. The van der Waals surface area contributed by atoms with Gasteiger partial charge in [-0.1, -0.05) is 48.9 Å². The van der Waals surface area contributed by atoms with Crippen LogP contribution in [0.1, 0.15) is 48.8 Å². The summed E-state index contributed by atoms with van der Waals surface area (Å²) in [5.74, 6) is 1.23. The first-order chi connectivity index (χ1) is 16.7. The fourth-order valence-electron chi connectivity index (χ4n) is 6.08. The van der Waals surface area contributed by atoms with Crippen LogP contribution in [0, 0.1) is 11.3 Å². The van der Waals surface area contributed by atoms with Gasteiger partial charge in [-0.15, -0.1) is 0 Å². The molecule has 0 aromatic heterocycles. The van der Waals surface area contributed by atoms with Crippen molar-refractivity contribution in [2.24, 2.45) is 11.3 Å². The molecule has 1 N–H and O–H groups in total. The molecule has 1 saturated heterocycles. The van der Waals surface area contributed by atoms with Gasteiger partial charge in [0, 0.05) is 31.2 Å². The van der Waals surface area contributed by atoms with Crippen molar-refractivity contribution in [2.45, 2.75) is 51.5 Å². The number of carbonyl (C=O) groups is 1. The molecular weight excluding hydrogens is 424 g/mol. The predicted octanol–water partition coefficient (Wildman–Crippen LogP) is 4.07. The summed E-state index contributed by atoms with van der Waals surface area (Å²) in [7, 11) is 0. The number of rotatable bonds is 2. The van der Waals surface area contributed by atoms with Gasteiger partial charge in [0.2, 0.25) is 5.91 Å². The highest BCUT2D eigenvalue weighted by molar-refractivity contribution is 5.80. The smallest absolute Gasteiger partial charge is 0.226 e. The van der Waals surface area contributed by atoms with Crippen LogP contribution in [-0.4, -0.2) is 60.2 Å². The molecule has 6 rings (SSSR count). The number of nitrogens with zero attached hydrogens (tertiary/aromatic N) is 2. The van der Waals surface area contributed by atoms with Gasteiger partial charge in [-0.05, 0) is 74.2 Å². The number of aliphatic hydroxyl groups is 1. The van der Waals surface area contributed by atoms with E-state index < -0.39 is 0 Å². The Morgan fingerprint density at radius 2 is 1.56 bits per heavy atom. The van der Waals surface area contributed by atoms with Gasteiger partial charge in [0.05, 0.1) is 6.54 Å². The Morgan fingerprint density at radius 3 is 2.26 bits per heavy atom. The quantitative estimate of drug-likeness (QED) is 0.731. The lowest BCUT2D eigenvalue weighted by atomic mass is 9.75. The molecule has 0 atom stereocenters. The van der Waals surface area contributed by atoms with Gasteiger partial charge in [0.15, 0.2) is 0 Å². The molecule has 2 aromatic rings. The molecule has 2 bridgehead atoms. The Labute approximate surface area is 203 Å². The van der Waals surface area contributed by atoms with Gasteiger partial charge in [0.1, 0.15) is 12.4 Å². The van der Waals surface area contributed by atoms with E-state index in [2.05, 4.69) is 47.4 Å². The number of amides is 1. The van der Waals surface area contributed by atoms with Crippen molar-refractivity contribution in [2.75, 3.05) is 39.4 Å². The molecule has 5 heteroatoms. The Hall–Kier alpha value is -2.37. The molecule has 182 valence electrons. The van der Waals surface area contributed by atoms with Crippen molar-refractivity contribution in [1.29, 1.82) is 0 Å². The second-order valence-corrected chi connectivity index (χ2v) is 10.5. The number of para-hydroxylation sites is 1. The van der Waals surface area contributed by atoms with Crippen LogP contribution in [-0.2, 0) is 24.2 Å². The van der Waals surface area contributed by atoms with E-state index in [1.54, 1.807) is 0 Å². The zero-order valence-electron chi connectivity index (χ0n) is 20.3. The molecule has 34 heavy (non-hydrogen) atoms. The fraction of sp³-hybridized carbons (Fsp3) is 0.552. The van der Waals surface area contributed by atoms with Crippen LogP contribution in [0.2, 0.25) is 0 Å². The van der Waals surface area contributed by atoms with Crippen molar-refractivity contribution in [3.8, 4) is 5.75 Å². The third-order valence-corrected chi connectivity index (χ3v) is 8.33. The van der Waals surface area contributed by atoms with Gasteiger partial charge in [-0.25, -0.2) is 0 Å². The number of aliphatic hydroxyl groups excluding tert-OH is 1. The van der Waals surface area contributed by atoms with Crippen LogP contribution < -0.4 is 4.74 Å². The van der Waals surface area contributed by atoms with Crippen molar-refractivity contribution in [3.63, 3.8) is 0 Å². The van der Waals surface area contributed by atoms with Crippen molar-refractivity contribution in [3.05, 3.63) is 65.2 Å². The minimum Gasteiger partial charge on any atom is -0.491 e. The maximum absolute atomic E-state index is 13.6. The number of fused-ring (bicyclic) bond motifs is 10. The summed E-state index contributed by atoms with van der Waals surface area (Å²) in [6, 6.07) is 16.8. The lowest BCUT2D eigenvalue weighted by molar-refractivity contribution is -0.135. The number of benzene rings is 2. The maximum Gasteiger partial charge on any atom is 0.226 e. The van der Waals surface area contributed by atoms with E-state index in [1.807, 2.05) is 11.0 Å². The zero-order chi connectivity index (χ0) is 23.4. The van der Waals surface area contributed by atoms with Crippen molar-refractivity contribution < 1.29 is 14.6 Å². The third kappa shape index (κ3) is 5.16. The maximum atomic E-state index is 13.6. The Bertz CT molecular complexity index is 958. The highest BCUT2D eigenvalue weighted by Gasteiger charge is 2.34. The number of ether oxygens (including phenoxy) is 1. The van der Waals surface area contributed by atoms with E-state index in [9.17, 15) is 9.90 Å². The highest BCUT2D eigenvalue weighted by Crippen LogP contribution is 2.37. The SMILES string of the molecule is O=C(C1Cc2ccccc2C1)N1CCCCC2(CO)CCN(CC2)Cc2ccccc2OCC1.